The van der Waals surface area contributed by atoms with E-state index >= 15 is 0 Å². The highest BCUT2D eigenvalue weighted by atomic mass is 79.9. The SMILES string of the molecule is CC(N)C(C)C(=O)Nc1cc(F)ccc1Br. The number of carbonyl (C=O) groups excluding carboxylic acids is 1. The van der Waals surface area contributed by atoms with Crippen LogP contribution in [0, 0.1) is 11.7 Å². The van der Waals surface area contributed by atoms with Gasteiger partial charge in [-0.1, -0.05) is 6.92 Å². The summed E-state index contributed by atoms with van der Waals surface area (Å²) in [5, 5.41) is 2.63. The molecule has 0 spiro atoms. The molecule has 88 valence electrons. The van der Waals surface area contributed by atoms with Crippen LogP contribution in [0.25, 0.3) is 0 Å². The molecule has 2 unspecified atom stereocenters. The number of carbonyl (C=O) groups is 1. The molecule has 0 aliphatic heterocycles. The quantitative estimate of drug-likeness (QED) is 0.898. The van der Waals surface area contributed by atoms with Gasteiger partial charge in [-0.3, -0.25) is 4.79 Å². The largest absolute Gasteiger partial charge is 0.327 e. The highest BCUT2D eigenvalue weighted by molar-refractivity contribution is 9.10. The van der Waals surface area contributed by atoms with Crippen LogP contribution in [0.2, 0.25) is 0 Å². The van der Waals surface area contributed by atoms with Gasteiger partial charge in [-0.05, 0) is 41.1 Å². The van der Waals surface area contributed by atoms with Gasteiger partial charge in [0, 0.05) is 10.5 Å². The zero-order valence-electron chi connectivity index (χ0n) is 9.13. The number of hydrogen-bond acceptors (Lipinski definition) is 2. The van der Waals surface area contributed by atoms with Crippen LogP contribution in [0.3, 0.4) is 0 Å². The Labute approximate surface area is 102 Å². The predicted octanol–water partition coefficient (Wildman–Crippen LogP) is 2.51. The molecule has 0 heterocycles. The summed E-state index contributed by atoms with van der Waals surface area (Å²) in [6, 6.07) is 3.87. The molecule has 0 saturated heterocycles. The van der Waals surface area contributed by atoms with Crippen molar-refractivity contribution in [2.75, 3.05) is 5.32 Å². The lowest BCUT2D eigenvalue weighted by molar-refractivity contribution is -0.119. The van der Waals surface area contributed by atoms with Crippen LogP contribution in [0.15, 0.2) is 22.7 Å². The Kier molecular flexibility index (Phi) is 4.44. The third-order valence-corrected chi connectivity index (χ3v) is 3.08. The Morgan fingerprint density at radius 3 is 2.69 bits per heavy atom. The van der Waals surface area contributed by atoms with Crippen LogP contribution in [-0.4, -0.2) is 11.9 Å². The van der Waals surface area contributed by atoms with E-state index in [1.54, 1.807) is 19.9 Å². The standard InChI is InChI=1S/C11H14BrFN2O/c1-6(7(2)14)11(16)15-10-5-8(13)3-4-9(10)12/h3-7H,14H2,1-2H3,(H,15,16). The Morgan fingerprint density at radius 2 is 2.12 bits per heavy atom. The first kappa shape index (κ1) is 13.1. The van der Waals surface area contributed by atoms with Crippen molar-refractivity contribution >= 4 is 27.5 Å². The molecule has 2 atom stereocenters. The van der Waals surface area contributed by atoms with Gasteiger partial charge in [0.2, 0.25) is 5.91 Å². The van der Waals surface area contributed by atoms with Gasteiger partial charge in [0.15, 0.2) is 0 Å². The van der Waals surface area contributed by atoms with Crippen LogP contribution >= 0.6 is 15.9 Å². The van der Waals surface area contributed by atoms with Gasteiger partial charge in [0.1, 0.15) is 5.82 Å². The number of nitrogens with two attached hydrogens (primary N) is 1. The second-order valence-corrected chi connectivity index (χ2v) is 4.62. The normalized spacial score (nSPS) is 14.3. The van der Waals surface area contributed by atoms with Crippen LogP contribution in [0.5, 0.6) is 0 Å². The third-order valence-electron chi connectivity index (χ3n) is 2.39. The molecule has 0 aliphatic rings. The van der Waals surface area contributed by atoms with E-state index in [0.717, 1.165) is 0 Å². The highest BCUT2D eigenvalue weighted by Crippen LogP contribution is 2.23. The average Bonchev–Trinajstić information content (AvgIpc) is 2.22. The molecule has 0 fully saturated rings. The molecule has 5 heteroatoms. The molecule has 1 rings (SSSR count). The summed E-state index contributed by atoms with van der Waals surface area (Å²) in [5.41, 5.74) is 6.03. The van der Waals surface area contributed by atoms with Crippen LogP contribution in [0.1, 0.15) is 13.8 Å². The number of nitrogens with one attached hydrogen (secondary N) is 1. The zero-order chi connectivity index (χ0) is 12.3. The van der Waals surface area contributed by atoms with E-state index in [2.05, 4.69) is 21.2 Å². The molecular formula is C11H14BrFN2O. The lowest BCUT2D eigenvalue weighted by Crippen LogP contribution is -2.34. The molecule has 1 amide bonds. The zero-order valence-corrected chi connectivity index (χ0v) is 10.7. The maximum Gasteiger partial charge on any atom is 0.228 e. The molecule has 3 N–H and O–H groups in total. The molecule has 1 aromatic rings. The fraction of sp³-hybridized carbons (Fsp3) is 0.364. The van der Waals surface area contributed by atoms with Crippen molar-refractivity contribution < 1.29 is 9.18 Å². The van der Waals surface area contributed by atoms with Gasteiger partial charge in [0.05, 0.1) is 11.6 Å². The van der Waals surface area contributed by atoms with E-state index in [4.69, 9.17) is 5.73 Å². The second-order valence-electron chi connectivity index (χ2n) is 3.76. The number of anilines is 1. The van der Waals surface area contributed by atoms with Gasteiger partial charge >= 0.3 is 0 Å². The summed E-state index contributed by atoms with van der Waals surface area (Å²) in [4.78, 5) is 11.7. The Hall–Kier alpha value is -0.940. The Balaban J connectivity index is 2.80. The molecule has 0 aliphatic carbocycles. The summed E-state index contributed by atoms with van der Waals surface area (Å²) in [6.45, 7) is 3.48. The van der Waals surface area contributed by atoms with Crippen molar-refractivity contribution in [2.45, 2.75) is 19.9 Å². The smallest absolute Gasteiger partial charge is 0.228 e. The van der Waals surface area contributed by atoms with Gasteiger partial charge in [-0.15, -0.1) is 0 Å². The van der Waals surface area contributed by atoms with Crippen LogP contribution < -0.4 is 11.1 Å². The number of amides is 1. The fourth-order valence-electron chi connectivity index (χ4n) is 1.08. The van der Waals surface area contributed by atoms with Crippen molar-refractivity contribution in [3.8, 4) is 0 Å². The van der Waals surface area contributed by atoms with E-state index < -0.39 is 5.82 Å². The van der Waals surface area contributed by atoms with Gasteiger partial charge in [-0.25, -0.2) is 4.39 Å². The lowest BCUT2D eigenvalue weighted by atomic mass is 10.0. The summed E-state index contributed by atoms with van der Waals surface area (Å²) in [5.74, 6) is -0.941. The minimum absolute atomic E-state index is 0.221. The third kappa shape index (κ3) is 3.28. The minimum Gasteiger partial charge on any atom is -0.327 e. The van der Waals surface area contributed by atoms with E-state index in [1.165, 1.54) is 12.1 Å². The summed E-state index contributed by atoms with van der Waals surface area (Å²) < 4.78 is 13.6. The maximum atomic E-state index is 13.0. The first-order chi connectivity index (χ1) is 7.41. The molecule has 1 aromatic carbocycles. The average molecular weight is 289 g/mol. The van der Waals surface area contributed by atoms with Gasteiger partial charge in [0.25, 0.3) is 0 Å². The Bertz CT molecular complexity index is 396. The van der Waals surface area contributed by atoms with Crippen molar-refractivity contribution in [2.24, 2.45) is 11.7 Å². The lowest BCUT2D eigenvalue weighted by Gasteiger charge is -2.16. The predicted molar refractivity (Wildman–Crippen MR) is 65.5 cm³/mol. The second kappa shape index (κ2) is 5.41. The number of benzene rings is 1. The van der Waals surface area contributed by atoms with E-state index in [9.17, 15) is 9.18 Å². The minimum atomic E-state index is -0.396. The number of rotatable bonds is 3. The molecule has 0 radical (unpaired) electrons. The van der Waals surface area contributed by atoms with Crippen LogP contribution in [-0.2, 0) is 4.79 Å². The van der Waals surface area contributed by atoms with E-state index in [-0.39, 0.29) is 17.9 Å². The molecule has 3 nitrogen and oxygen atoms in total. The molecular weight excluding hydrogens is 275 g/mol. The highest BCUT2D eigenvalue weighted by Gasteiger charge is 2.17. The number of halogens is 2. The van der Waals surface area contributed by atoms with Gasteiger partial charge in [-0.2, -0.15) is 0 Å². The molecule has 0 aromatic heterocycles. The summed E-state index contributed by atoms with van der Waals surface area (Å²) in [6.07, 6.45) is 0. The first-order valence-electron chi connectivity index (χ1n) is 4.93. The molecule has 16 heavy (non-hydrogen) atoms. The van der Waals surface area contributed by atoms with Crippen molar-refractivity contribution in [3.63, 3.8) is 0 Å². The summed E-state index contributed by atoms with van der Waals surface area (Å²) >= 11 is 3.23. The Morgan fingerprint density at radius 1 is 1.50 bits per heavy atom. The first-order valence-corrected chi connectivity index (χ1v) is 5.72. The van der Waals surface area contributed by atoms with Crippen molar-refractivity contribution in [3.05, 3.63) is 28.5 Å². The van der Waals surface area contributed by atoms with E-state index in [0.29, 0.717) is 10.2 Å². The topological polar surface area (TPSA) is 55.1 Å². The van der Waals surface area contributed by atoms with Crippen molar-refractivity contribution in [1.29, 1.82) is 0 Å². The molecule has 0 bridgehead atoms. The van der Waals surface area contributed by atoms with Crippen LogP contribution in [0.4, 0.5) is 10.1 Å². The fourth-order valence-corrected chi connectivity index (χ4v) is 1.42. The monoisotopic (exact) mass is 288 g/mol. The van der Waals surface area contributed by atoms with Gasteiger partial charge < -0.3 is 11.1 Å². The van der Waals surface area contributed by atoms with E-state index in [1.807, 2.05) is 0 Å². The number of hydrogen-bond donors (Lipinski definition) is 2. The molecule has 0 saturated carbocycles. The summed E-state index contributed by atoms with van der Waals surface area (Å²) in [7, 11) is 0. The van der Waals surface area contributed by atoms with Crippen molar-refractivity contribution in [1.82, 2.24) is 0 Å². The maximum absolute atomic E-state index is 13.0.